The summed E-state index contributed by atoms with van der Waals surface area (Å²) in [4.78, 5) is 13.9. The van der Waals surface area contributed by atoms with Gasteiger partial charge in [0, 0.05) is 12.1 Å². The van der Waals surface area contributed by atoms with Crippen LogP contribution in [0.3, 0.4) is 0 Å². The van der Waals surface area contributed by atoms with Gasteiger partial charge >= 0.3 is 7.12 Å². The number of hydrogen-bond donors (Lipinski definition) is 0. The van der Waals surface area contributed by atoms with Gasteiger partial charge in [-0.15, -0.1) is 0 Å². The third-order valence-electron chi connectivity index (χ3n) is 5.13. The average Bonchev–Trinajstić information content (AvgIpc) is 3.36. The average molecular weight is 323 g/mol. The van der Waals surface area contributed by atoms with Crippen molar-refractivity contribution in [1.82, 2.24) is 15.0 Å². The smallest absolute Gasteiger partial charge is 0.398 e. The summed E-state index contributed by atoms with van der Waals surface area (Å²) in [5.74, 6) is 1.33. The first kappa shape index (κ1) is 15.7. The lowest BCUT2D eigenvalue weighted by Gasteiger charge is -2.32. The second kappa shape index (κ2) is 5.36. The largest absolute Gasteiger partial charge is 0.514 e. The summed E-state index contributed by atoms with van der Waals surface area (Å²) >= 11 is 0. The fourth-order valence-electron chi connectivity index (χ4n) is 2.74. The van der Waals surface area contributed by atoms with E-state index in [2.05, 4.69) is 32.7 Å². The molecule has 0 N–H and O–H groups in total. The summed E-state index contributed by atoms with van der Waals surface area (Å²) < 4.78 is 12.3. The number of aromatic nitrogens is 3. The molecule has 1 aliphatic heterocycles. The first-order chi connectivity index (χ1) is 11.4. The van der Waals surface area contributed by atoms with Crippen LogP contribution in [0.5, 0.6) is 0 Å². The molecule has 0 spiro atoms. The van der Waals surface area contributed by atoms with Crippen LogP contribution < -0.4 is 5.59 Å². The topological polar surface area (TPSA) is 57.1 Å². The van der Waals surface area contributed by atoms with E-state index in [1.807, 2.05) is 24.3 Å². The van der Waals surface area contributed by atoms with Crippen LogP contribution in [0.25, 0.3) is 11.4 Å². The number of rotatable bonds is 3. The molecule has 1 saturated heterocycles. The van der Waals surface area contributed by atoms with E-state index < -0.39 is 7.12 Å². The molecule has 124 valence electrons. The monoisotopic (exact) mass is 323 g/mol. The zero-order valence-corrected chi connectivity index (χ0v) is 14.6. The lowest BCUT2D eigenvalue weighted by atomic mass is 9.83. The molecule has 6 heteroatoms. The van der Waals surface area contributed by atoms with E-state index in [1.165, 1.54) is 0 Å². The molecule has 0 radical (unpaired) electrons. The van der Waals surface area contributed by atoms with Crippen molar-refractivity contribution in [3.63, 3.8) is 0 Å². The van der Waals surface area contributed by atoms with Gasteiger partial charge < -0.3 is 9.31 Å². The fourth-order valence-corrected chi connectivity index (χ4v) is 2.74. The van der Waals surface area contributed by atoms with E-state index in [1.54, 1.807) is 6.20 Å². The van der Waals surface area contributed by atoms with Crippen molar-refractivity contribution >= 4 is 12.7 Å². The Balaban J connectivity index is 1.75. The minimum atomic E-state index is -0.474. The first-order valence-corrected chi connectivity index (χ1v) is 8.52. The highest BCUT2D eigenvalue weighted by Gasteiger charge is 2.52. The highest BCUT2D eigenvalue weighted by molar-refractivity contribution is 6.61. The first-order valence-electron chi connectivity index (χ1n) is 8.52. The van der Waals surface area contributed by atoms with Crippen LogP contribution in [-0.4, -0.2) is 33.3 Å². The van der Waals surface area contributed by atoms with E-state index >= 15 is 0 Å². The van der Waals surface area contributed by atoms with E-state index in [-0.39, 0.29) is 11.2 Å². The van der Waals surface area contributed by atoms with Crippen LogP contribution in [-0.2, 0) is 9.31 Å². The Morgan fingerprint density at radius 1 is 1.00 bits per heavy atom. The summed E-state index contributed by atoms with van der Waals surface area (Å²) in [6.07, 6.45) is 4.08. The zero-order valence-electron chi connectivity index (χ0n) is 14.6. The van der Waals surface area contributed by atoms with Crippen molar-refractivity contribution in [2.75, 3.05) is 0 Å². The molecule has 4 rings (SSSR count). The Kier molecular flexibility index (Phi) is 3.51. The van der Waals surface area contributed by atoms with Crippen LogP contribution in [0.2, 0.25) is 0 Å². The third-order valence-corrected chi connectivity index (χ3v) is 5.13. The van der Waals surface area contributed by atoms with Gasteiger partial charge in [0.25, 0.3) is 0 Å². The molecule has 0 amide bonds. The molecule has 5 nitrogen and oxygen atoms in total. The summed E-state index contributed by atoms with van der Waals surface area (Å²) in [6, 6.07) is 7.78. The van der Waals surface area contributed by atoms with Crippen LogP contribution in [0.15, 0.2) is 30.5 Å². The van der Waals surface area contributed by atoms with Crippen molar-refractivity contribution in [1.29, 1.82) is 0 Å². The van der Waals surface area contributed by atoms with Gasteiger partial charge in [-0.1, -0.05) is 6.07 Å². The molecule has 3 heterocycles. The third kappa shape index (κ3) is 2.74. The quantitative estimate of drug-likeness (QED) is 0.813. The normalized spacial score (nSPS) is 21.9. The van der Waals surface area contributed by atoms with Crippen LogP contribution in [0.1, 0.15) is 52.3 Å². The van der Waals surface area contributed by atoms with Crippen molar-refractivity contribution in [2.24, 2.45) is 0 Å². The SMILES string of the molecule is CC1(C)OB(c2cc(-c3ccccn3)nc(C3CC3)n2)OC1(C)C. The molecular formula is C18H22BN3O2. The zero-order chi connectivity index (χ0) is 16.9. The van der Waals surface area contributed by atoms with Gasteiger partial charge in [0.05, 0.1) is 28.2 Å². The molecule has 24 heavy (non-hydrogen) atoms. The van der Waals surface area contributed by atoms with Crippen molar-refractivity contribution in [2.45, 2.75) is 57.7 Å². The van der Waals surface area contributed by atoms with Gasteiger partial charge in [-0.3, -0.25) is 4.98 Å². The van der Waals surface area contributed by atoms with Gasteiger partial charge in [0.2, 0.25) is 0 Å². The summed E-state index contributed by atoms with van der Waals surface area (Å²) in [5, 5.41) is 0. The van der Waals surface area contributed by atoms with Gasteiger partial charge in [-0.2, -0.15) is 0 Å². The van der Waals surface area contributed by atoms with Crippen molar-refractivity contribution in [3.05, 3.63) is 36.3 Å². The maximum atomic E-state index is 6.16. The fraction of sp³-hybridized carbons (Fsp3) is 0.500. The van der Waals surface area contributed by atoms with Gasteiger partial charge in [0.1, 0.15) is 5.82 Å². The maximum Gasteiger partial charge on any atom is 0.514 e. The molecule has 1 saturated carbocycles. The number of nitrogens with zero attached hydrogens (tertiary/aromatic N) is 3. The maximum absolute atomic E-state index is 6.16. The van der Waals surface area contributed by atoms with Crippen LogP contribution in [0, 0.1) is 0 Å². The molecule has 0 unspecified atom stereocenters. The van der Waals surface area contributed by atoms with Gasteiger partial charge in [-0.05, 0) is 58.7 Å². The molecule has 2 fully saturated rings. The minimum absolute atomic E-state index is 0.381. The number of hydrogen-bond acceptors (Lipinski definition) is 5. The Morgan fingerprint density at radius 2 is 1.71 bits per heavy atom. The van der Waals surface area contributed by atoms with E-state index in [4.69, 9.17) is 19.3 Å². The summed E-state index contributed by atoms with van der Waals surface area (Å²) in [6.45, 7) is 8.20. The molecule has 2 aromatic heterocycles. The van der Waals surface area contributed by atoms with E-state index in [0.29, 0.717) is 5.92 Å². The second-order valence-electron chi connectivity index (χ2n) is 7.61. The Hall–Kier alpha value is -1.79. The molecule has 2 aromatic rings. The molecule has 0 atom stereocenters. The predicted molar refractivity (Wildman–Crippen MR) is 93.0 cm³/mol. The van der Waals surface area contributed by atoms with Crippen LogP contribution in [0.4, 0.5) is 0 Å². The molecule has 0 bridgehead atoms. The molecule has 2 aliphatic rings. The summed E-state index contributed by atoms with van der Waals surface area (Å²) in [5.41, 5.74) is 1.70. The van der Waals surface area contributed by atoms with Gasteiger partial charge in [0.15, 0.2) is 0 Å². The lowest BCUT2D eigenvalue weighted by molar-refractivity contribution is 0.00578. The molecule has 1 aliphatic carbocycles. The molecule has 0 aromatic carbocycles. The second-order valence-corrected chi connectivity index (χ2v) is 7.61. The van der Waals surface area contributed by atoms with Crippen molar-refractivity contribution in [3.8, 4) is 11.4 Å². The summed E-state index contributed by atoms with van der Waals surface area (Å²) in [7, 11) is -0.474. The van der Waals surface area contributed by atoms with E-state index in [0.717, 1.165) is 35.6 Å². The highest BCUT2D eigenvalue weighted by Crippen LogP contribution is 2.39. The Labute approximate surface area is 143 Å². The van der Waals surface area contributed by atoms with Gasteiger partial charge in [-0.25, -0.2) is 9.97 Å². The highest BCUT2D eigenvalue weighted by atomic mass is 16.7. The minimum Gasteiger partial charge on any atom is -0.398 e. The number of pyridine rings is 1. The predicted octanol–water partition coefficient (Wildman–Crippen LogP) is 2.72. The Bertz CT molecular complexity index is 744. The van der Waals surface area contributed by atoms with Crippen molar-refractivity contribution < 1.29 is 9.31 Å². The Morgan fingerprint density at radius 3 is 2.29 bits per heavy atom. The molecular weight excluding hydrogens is 301 g/mol. The lowest BCUT2D eigenvalue weighted by Crippen LogP contribution is -2.41. The standard InChI is InChI=1S/C18H22BN3O2/c1-17(2)18(3,4)24-19(23-17)15-11-14(13-7-5-6-10-20-13)21-16(22-15)12-8-9-12/h5-7,10-12H,8-9H2,1-4H3. The van der Waals surface area contributed by atoms with E-state index in [9.17, 15) is 0 Å². The van der Waals surface area contributed by atoms with Crippen LogP contribution >= 0.6 is 0 Å².